The molecule has 2 heterocycles. The SMILES string of the molecule is N#Cc1ccc(CN2CCCN(C(=O)Cn3c(-c4ccc(Cl)cc4)n[nH]c3=S)CC2)cc1. The van der Waals surface area contributed by atoms with Gasteiger partial charge in [0.05, 0.1) is 11.6 Å². The van der Waals surface area contributed by atoms with Gasteiger partial charge >= 0.3 is 0 Å². The number of rotatable bonds is 5. The Morgan fingerprint density at radius 2 is 1.84 bits per heavy atom. The van der Waals surface area contributed by atoms with E-state index in [0.29, 0.717) is 34.3 Å². The van der Waals surface area contributed by atoms with E-state index >= 15 is 0 Å². The molecule has 1 amide bonds. The van der Waals surface area contributed by atoms with E-state index in [1.54, 1.807) is 16.7 Å². The number of nitriles is 1. The van der Waals surface area contributed by atoms with Gasteiger partial charge in [0.25, 0.3) is 0 Å². The van der Waals surface area contributed by atoms with Crippen molar-refractivity contribution in [1.82, 2.24) is 24.6 Å². The number of hydrogen-bond donors (Lipinski definition) is 1. The Balaban J connectivity index is 1.39. The van der Waals surface area contributed by atoms with Crippen LogP contribution in [-0.2, 0) is 17.9 Å². The van der Waals surface area contributed by atoms with Crippen LogP contribution in [0.15, 0.2) is 48.5 Å². The van der Waals surface area contributed by atoms with Crippen molar-refractivity contribution in [2.45, 2.75) is 19.5 Å². The summed E-state index contributed by atoms with van der Waals surface area (Å²) in [6, 6.07) is 17.1. The zero-order chi connectivity index (χ0) is 22.5. The largest absolute Gasteiger partial charge is 0.340 e. The molecule has 1 fully saturated rings. The minimum Gasteiger partial charge on any atom is -0.340 e. The van der Waals surface area contributed by atoms with Crippen LogP contribution in [0.3, 0.4) is 0 Å². The normalized spacial score (nSPS) is 14.7. The van der Waals surface area contributed by atoms with Gasteiger partial charge in [0.2, 0.25) is 5.91 Å². The number of hydrogen-bond acceptors (Lipinski definition) is 5. The molecule has 1 N–H and O–H groups in total. The van der Waals surface area contributed by atoms with E-state index in [4.69, 9.17) is 29.1 Å². The predicted octanol–water partition coefficient (Wildman–Crippen LogP) is 3.87. The van der Waals surface area contributed by atoms with Crippen molar-refractivity contribution in [3.63, 3.8) is 0 Å². The zero-order valence-electron chi connectivity index (χ0n) is 17.5. The van der Waals surface area contributed by atoms with Gasteiger partial charge in [-0.2, -0.15) is 10.4 Å². The van der Waals surface area contributed by atoms with E-state index in [-0.39, 0.29) is 12.5 Å². The molecule has 32 heavy (non-hydrogen) atoms. The Morgan fingerprint density at radius 1 is 1.09 bits per heavy atom. The molecule has 1 aliphatic heterocycles. The van der Waals surface area contributed by atoms with Crippen molar-refractivity contribution in [2.24, 2.45) is 0 Å². The maximum Gasteiger partial charge on any atom is 0.242 e. The molecule has 3 aromatic rings. The highest BCUT2D eigenvalue weighted by molar-refractivity contribution is 7.71. The molecule has 7 nitrogen and oxygen atoms in total. The molecule has 4 rings (SSSR count). The average molecular weight is 467 g/mol. The summed E-state index contributed by atoms with van der Waals surface area (Å²) in [5.41, 5.74) is 2.68. The van der Waals surface area contributed by atoms with Crippen molar-refractivity contribution in [2.75, 3.05) is 26.2 Å². The first-order valence-electron chi connectivity index (χ1n) is 10.4. The summed E-state index contributed by atoms with van der Waals surface area (Å²) >= 11 is 11.4. The topological polar surface area (TPSA) is 80.9 Å². The van der Waals surface area contributed by atoms with Gasteiger partial charge in [-0.3, -0.25) is 19.4 Å². The first kappa shape index (κ1) is 22.2. The smallest absolute Gasteiger partial charge is 0.242 e. The second kappa shape index (κ2) is 10.1. The predicted molar refractivity (Wildman–Crippen MR) is 125 cm³/mol. The highest BCUT2D eigenvalue weighted by atomic mass is 35.5. The summed E-state index contributed by atoms with van der Waals surface area (Å²) in [5.74, 6) is 0.648. The summed E-state index contributed by atoms with van der Waals surface area (Å²) < 4.78 is 2.15. The van der Waals surface area contributed by atoms with Gasteiger partial charge in [-0.05, 0) is 60.6 Å². The number of nitrogens with zero attached hydrogens (tertiary/aromatic N) is 5. The second-order valence-corrected chi connectivity index (χ2v) is 8.59. The lowest BCUT2D eigenvalue weighted by molar-refractivity contribution is -0.131. The van der Waals surface area contributed by atoms with Crippen LogP contribution in [0.2, 0.25) is 5.02 Å². The molecule has 0 radical (unpaired) electrons. The van der Waals surface area contributed by atoms with Crippen molar-refractivity contribution in [3.8, 4) is 17.5 Å². The van der Waals surface area contributed by atoms with Crippen molar-refractivity contribution in [1.29, 1.82) is 5.26 Å². The first-order valence-corrected chi connectivity index (χ1v) is 11.2. The van der Waals surface area contributed by atoms with Crippen LogP contribution in [0.25, 0.3) is 11.4 Å². The van der Waals surface area contributed by atoms with Crippen LogP contribution in [-0.4, -0.2) is 56.7 Å². The van der Waals surface area contributed by atoms with Gasteiger partial charge in [-0.25, -0.2) is 0 Å². The molecule has 0 spiro atoms. The third-order valence-electron chi connectivity index (χ3n) is 5.58. The number of H-pyrrole nitrogens is 1. The minimum atomic E-state index is 0.0259. The number of aromatic amines is 1. The summed E-state index contributed by atoms with van der Waals surface area (Å²) in [6.07, 6.45) is 0.906. The van der Waals surface area contributed by atoms with Crippen LogP contribution in [0.4, 0.5) is 0 Å². The van der Waals surface area contributed by atoms with E-state index < -0.39 is 0 Å². The number of benzene rings is 2. The van der Waals surface area contributed by atoms with Crippen LogP contribution < -0.4 is 0 Å². The van der Waals surface area contributed by atoms with Crippen LogP contribution in [0.5, 0.6) is 0 Å². The van der Waals surface area contributed by atoms with Gasteiger partial charge < -0.3 is 4.90 Å². The molecule has 0 atom stereocenters. The Labute approximate surface area is 196 Å². The number of halogens is 1. The Hall–Kier alpha value is -2.99. The Kier molecular flexibility index (Phi) is 7.00. The molecule has 0 aliphatic carbocycles. The Bertz CT molecular complexity index is 1180. The highest BCUT2D eigenvalue weighted by Gasteiger charge is 2.21. The number of aromatic nitrogens is 3. The molecule has 0 bridgehead atoms. The van der Waals surface area contributed by atoms with Crippen molar-refractivity contribution < 1.29 is 4.79 Å². The fourth-order valence-corrected chi connectivity index (χ4v) is 4.16. The van der Waals surface area contributed by atoms with E-state index in [0.717, 1.165) is 31.6 Å². The zero-order valence-corrected chi connectivity index (χ0v) is 19.1. The van der Waals surface area contributed by atoms with Gasteiger partial charge in [0.15, 0.2) is 10.6 Å². The maximum absolute atomic E-state index is 13.1. The maximum atomic E-state index is 13.1. The van der Waals surface area contributed by atoms with Gasteiger partial charge in [0, 0.05) is 43.3 Å². The van der Waals surface area contributed by atoms with Crippen molar-refractivity contribution >= 4 is 29.7 Å². The van der Waals surface area contributed by atoms with Crippen LogP contribution in [0, 0.1) is 16.1 Å². The van der Waals surface area contributed by atoms with Crippen LogP contribution in [0.1, 0.15) is 17.5 Å². The molecule has 0 saturated carbocycles. The molecule has 1 aromatic heterocycles. The molecule has 9 heteroatoms. The second-order valence-electron chi connectivity index (χ2n) is 7.76. The fraction of sp³-hybridized carbons (Fsp3) is 0.304. The average Bonchev–Trinajstić information content (AvgIpc) is 3.01. The van der Waals surface area contributed by atoms with E-state index in [1.165, 1.54) is 5.56 Å². The summed E-state index contributed by atoms with van der Waals surface area (Å²) in [5, 5.41) is 16.7. The monoisotopic (exact) mass is 466 g/mol. The van der Waals surface area contributed by atoms with Crippen molar-refractivity contribution in [3.05, 3.63) is 69.5 Å². The lowest BCUT2D eigenvalue weighted by atomic mass is 10.1. The third kappa shape index (κ3) is 5.25. The molecule has 1 saturated heterocycles. The standard InChI is InChI=1S/C23H23ClN6OS/c24-20-8-6-19(7-9-20)22-26-27-23(32)30(22)16-21(31)29-11-1-10-28(12-13-29)15-18-4-2-17(14-25)3-5-18/h2-9H,1,10-13,15-16H2,(H,27,32). The quantitative estimate of drug-likeness (QED) is 0.577. The van der Waals surface area contributed by atoms with E-state index in [1.807, 2.05) is 41.3 Å². The molecule has 2 aromatic carbocycles. The number of carbonyl (C=O) groups is 1. The summed E-state index contributed by atoms with van der Waals surface area (Å²) in [7, 11) is 0. The van der Waals surface area contributed by atoms with Gasteiger partial charge in [-0.15, -0.1) is 0 Å². The minimum absolute atomic E-state index is 0.0259. The highest BCUT2D eigenvalue weighted by Crippen LogP contribution is 2.20. The number of amides is 1. The molecule has 0 unspecified atom stereocenters. The molecular weight excluding hydrogens is 444 g/mol. The van der Waals surface area contributed by atoms with Gasteiger partial charge in [-0.1, -0.05) is 23.7 Å². The van der Waals surface area contributed by atoms with E-state index in [2.05, 4.69) is 21.2 Å². The summed E-state index contributed by atoms with van der Waals surface area (Å²) in [4.78, 5) is 17.3. The van der Waals surface area contributed by atoms with Crippen LogP contribution >= 0.6 is 23.8 Å². The third-order valence-corrected chi connectivity index (χ3v) is 6.15. The van der Waals surface area contributed by atoms with E-state index in [9.17, 15) is 4.79 Å². The Morgan fingerprint density at radius 3 is 2.56 bits per heavy atom. The molecule has 164 valence electrons. The molecule has 1 aliphatic rings. The number of nitrogens with one attached hydrogen (secondary N) is 1. The van der Waals surface area contributed by atoms with Gasteiger partial charge in [0.1, 0.15) is 6.54 Å². The lowest BCUT2D eigenvalue weighted by Crippen LogP contribution is -2.37. The lowest BCUT2D eigenvalue weighted by Gasteiger charge is -2.22. The first-order chi connectivity index (χ1) is 15.5. The number of carbonyl (C=O) groups excluding carboxylic acids is 1. The fourth-order valence-electron chi connectivity index (χ4n) is 3.84. The summed E-state index contributed by atoms with van der Waals surface area (Å²) in [6.45, 7) is 4.04. The molecular formula is C23H23ClN6OS.